The topological polar surface area (TPSA) is 73.7 Å². The standard InChI is InChI=1S/C21H18FN3O4/c1-24(13-14-2-8-18-19(12-14)29-11-10-28-18)21(27)17-7-9-20(26)25(23-17)16-5-3-15(22)4-6-16/h2-9,12H,10-11,13H2,1H3. The molecule has 0 saturated carbocycles. The fraction of sp³-hybridized carbons (Fsp3) is 0.190. The Bertz CT molecular complexity index is 1110. The SMILES string of the molecule is CN(Cc1ccc2c(c1)OCCO2)C(=O)c1ccc(=O)n(-c2ccc(F)cc2)n1. The summed E-state index contributed by atoms with van der Waals surface area (Å²) in [6, 6.07) is 13.5. The second-order valence-corrected chi connectivity index (χ2v) is 6.58. The fourth-order valence-corrected chi connectivity index (χ4v) is 3.02. The maximum absolute atomic E-state index is 13.1. The number of aromatic nitrogens is 2. The molecule has 0 N–H and O–H groups in total. The molecular weight excluding hydrogens is 377 g/mol. The molecular formula is C21H18FN3O4. The summed E-state index contributed by atoms with van der Waals surface area (Å²) in [7, 11) is 1.65. The molecule has 0 spiro atoms. The van der Waals surface area contributed by atoms with Crippen molar-refractivity contribution in [2.24, 2.45) is 0 Å². The Hall–Kier alpha value is -3.68. The van der Waals surface area contributed by atoms with E-state index in [1.807, 2.05) is 18.2 Å². The largest absolute Gasteiger partial charge is 0.486 e. The number of fused-ring (bicyclic) bond motifs is 1. The van der Waals surface area contributed by atoms with Crippen LogP contribution in [0, 0.1) is 5.82 Å². The predicted molar refractivity (Wildman–Crippen MR) is 103 cm³/mol. The zero-order valence-corrected chi connectivity index (χ0v) is 15.7. The normalized spacial score (nSPS) is 12.5. The second-order valence-electron chi connectivity index (χ2n) is 6.58. The second kappa shape index (κ2) is 7.75. The number of hydrogen-bond donors (Lipinski definition) is 0. The van der Waals surface area contributed by atoms with E-state index in [9.17, 15) is 14.0 Å². The van der Waals surface area contributed by atoms with Crippen LogP contribution in [0.15, 0.2) is 59.4 Å². The summed E-state index contributed by atoms with van der Waals surface area (Å²) in [5.41, 5.74) is 0.939. The first-order valence-electron chi connectivity index (χ1n) is 9.01. The summed E-state index contributed by atoms with van der Waals surface area (Å²) in [4.78, 5) is 26.4. The van der Waals surface area contributed by atoms with Gasteiger partial charge in [-0.1, -0.05) is 6.07 Å². The number of ether oxygens (including phenoxy) is 2. The van der Waals surface area contributed by atoms with E-state index in [0.29, 0.717) is 36.9 Å². The highest BCUT2D eigenvalue weighted by molar-refractivity contribution is 5.91. The Morgan fingerprint density at radius 3 is 2.55 bits per heavy atom. The maximum atomic E-state index is 13.1. The fourth-order valence-electron chi connectivity index (χ4n) is 3.02. The van der Waals surface area contributed by atoms with Gasteiger partial charge in [0.2, 0.25) is 0 Å². The molecule has 0 aliphatic carbocycles. The van der Waals surface area contributed by atoms with Crippen molar-refractivity contribution < 1.29 is 18.7 Å². The molecule has 1 aromatic heterocycles. The van der Waals surface area contributed by atoms with Crippen LogP contribution in [0.5, 0.6) is 11.5 Å². The van der Waals surface area contributed by atoms with E-state index in [4.69, 9.17) is 9.47 Å². The summed E-state index contributed by atoms with van der Waals surface area (Å²) < 4.78 is 25.3. The van der Waals surface area contributed by atoms with Crippen LogP contribution >= 0.6 is 0 Å². The van der Waals surface area contributed by atoms with Gasteiger partial charge in [0.25, 0.3) is 11.5 Å². The highest BCUT2D eigenvalue weighted by Crippen LogP contribution is 2.31. The predicted octanol–water partition coefficient (Wildman–Crippen LogP) is 2.42. The summed E-state index contributed by atoms with van der Waals surface area (Å²) >= 11 is 0. The molecule has 4 rings (SSSR count). The van der Waals surface area contributed by atoms with Crippen molar-refractivity contribution in [3.05, 3.63) is 82.0 Å². The lowest BCUT2D eigenvalue weighted by atomic mass is 10.1. The van der Waals surface area contributed by atoms with Crippen LogP contribution < -0.4 is 15.0 Å². The summed E-state index contributed by atoms with van der Waals surface area (Å²) in [6.45, 7) is 1.33. The number of halogens is 1. The molecule has 1 aliphatic heterocycles. The third kappa shape index (κ3) is 3.96. The van der Waals surface area contributed by atoms with Crippen LogP contribution in [0.2, 0.25) is 0 Å². The number of benzene rings is 2. The number of hydrogen-bond acceptors (Lipinski definition) is 5. The van der Waals surface area contributed by atoms with Gasteiger partial charge in [0.1, 0.15) is 24.7 Å². The maximum Gasteiger partial charge on any atom is 0.274 e. The quantitative estimate of drug-likeness (QED) is 0.678. The van der Waals surface area contributed by atoms with Gasteiger partial charge in [0, 0.05) is 19.7 Å². The van der Waals surface area contributed by atoms with Gasteiger partial charge in [-0.2, -0.15) is 9.78 Å². The molecule has 3 aromatic rings. The molecule has 2 aromatic carbocycles. The zero-order valence-electron chi connectivity index (χ0n) is 15.7. The van der Waals surface area contributed by atoms with Gasteiger partial charge in [-0.3, -0.25) is 9.59 Å². The molecule has 1 amide bonds. The Morgan fingerprint density at radius 1 is 1.07 bits per heavy atom. The Labute approximate surface area is 165 Å². The van der Waals surface area contributed by atoms with Gasteiger partial charge >= 0.3 is 0 Å². The van der Waals surface area contributed by atoms with Gasteiger partial charge < -0.3 is 14.4 Å². The third-order valence-electron chi connectivity index (χ3n) is 4.46. The first-order chi connectivity index (χ1) is 14.0. The van der Waals surface area contributed by atoms with E-state index >= 15 is 0 Å². The molecule has 0 fully saturated rings. The Balaban J connectivity index is 1.55. The Kier molecular flexibility index (Phi) is 4.99. The minimum absolute atomic E-state index is 0.106. The van der Waals surface area contributed by atoms with Crippen molar-refractivity contribution in [1.29, 1.82) is 0 Å². The number of rotatable bonds is 4. The monoisotopic (exact) mass is 395 g/mol. The van der Waals surface area contributed by atoms with Crippen LogP contribution in [-0.2, 0) is 6.54 Å². The molecule has 0 unspecified atom stereocenters. The van der Waals surface area contributed by atoms with E-state index in [1.165, 1.54) is 41.3 Å². The highest BCUT2D eigenvalue weighted by Gasteiger charge is 2.17. The molecule has 8 heteroatoms. The number of nitrogens with zero attached hydrogens (tertiary/aromatic N) is 3. The van der Waals surface area contributed by atoms with Gasteiger partial charge in [-0.15, -0.1) is 0 Å². The molecule has 0 radical (unpaired) electrons. The first kappa shape index (κ1) is 18.7. The molecule has 1 aliphatic rings. The van der Waals surface area contributed by atoms with Gasteiger partial charge in [-0.25, -0.2) is 4.39 Å². The smallest absolute Gasteiger partial charge is 0.274 e. The van der Waals surface area contributed by atoms with Crippen molar-refractivity contribution in [3.63, 3.8) is 0 Å². The van der Waals surface area contributed by atoms with Crippen molar-refractivity contribution in [3.8, 4) is 17.2 Å². The van der Waals surface area contributed by atoms with Gasteiger partial charge in [-0.05, 0) is 48.0 Å². The summed E-state index contributed by atoms with van der Waals surface area (Å²) in [6.07, 6.45) is 0. The number of carbonyl (C=O) groups is 1. The molecule has 29 heavy (non-hydrogen) atoms. The molecule has 2 heterocycles. The van der Waals surface area contributed by atoms with Crippen LogP contribution in [0.3, 0.4) is 0 Å². The van der Waals surface area contributed by atoms with Crippen LogP contribution in [-0.4, -0.2) is 40.8 Å². The van der Waals surface area contributed by atoms with Gasteiger partial charge in [0.15, 0.2) is 11.5 Å². The van der Waals surface area contributed by atoms with Crippen molar-refractivity contribution in [1.82, 2.24) is 14.7 Å². The molecule has 0 bridgehead atoms. The van der Waals surface area contributed by atoms with Crippen LogP contribution in [0.25, 0.3) is 5.69 Å². The number of amides is 1. The molecule has 148 valence electrons. The van der Waals surface area contributed by atoms with Gasteiger partial charge in [0.05, 0.1) is 5.69 Å². The van der Waals surface area contributed by atoms with E-state index < -0.39 is 11.4 Å². The third-order valence-corrected chi connectivity index (χ3v) is 4.46. The van der Waals surface area contributed by atoms with E-state index in [2.05, 4.69) is 5.10 Å². The lowest BCUT2D eigenvalue weighted by Crippen LogP contribution is -2.30. The first-order valence-corrected chi connectivity index (χ1v) is 9.01. The van der Waals surface area contributed by atoms with E-state index in [-0.39, 0.29) is 11.6 Å². The minimum atomic E-state index is -0.423. The average molecular weight is 395 g/mol. The van der Waals surface area contributed by atoms with Crippen molar-refractivity contribution in [2.45, 2.75) is 6.54 Å². The van der Waals surface area contributed by atoms with E-state index in [1.54, 1.807) is 7.05 Å². The average Bonchev–Trinajstić information content (AvgIpc) is 2.74. The minimum Gasteiger partial charge on any atom is -0.486 e. The van der Waals surface area contributed by atoms with E-state index in [0.717, 1.165) is 10.2 Å². The molecule has 0 saturated heterocycles. The summed E-state index contributed by atoms with van der Waals surface area (Å²) in [5, 5.41) is 4.15. The number of carbonyl (C=O) groups excluding carboxylic acids is 1. The summed E-state index contributed by atoms with van der Waals surface area (Å²) in [5.74, 6) is 0.559. The lowest BCUT2D eigenvalue weighted by Gasteiger charge is -2.21. The Morgan fingerprint density at radius 2 is 1.79 bits per heavy atom. The van der Waals surface area contributed by atoms with Crippen molar-refractivity contribution in [2.75, 3.05) is 20.3 Å². The van der Waals surface area contributed by atoms with Crippen molar-refractivity contribution >= 4 is 5.91 Å². The highest BCUT2D eigenvalue weighted by atomic mass is 19.1. The van der Waals surface area contributed by atoms with Crippen LogP contribution in [0.4, 0.5) is 4.39 Å². The lowest BCUT2D eigenvalue weighted by molar-refractivity contribution is 0.0777. The van der Waals surface area contributed by atoms with Crippen LogP contribution in [0.1, 0.15) is 16.1 Å². The molecule has 0 atom stereocenters. The zero-order chi connectivity index (χ0) is 20.4. The molecule has 7 nitrogen and oxygen atoms in total.